The summed E-state index contributed by atoms with van der Waals surface area (Å²) in [7, 11) is 0. The maximum atomic E-state index is 12.0. The maximum Gasteiger partial charge on any atom is 0.270 e. The topological polar surface area (TPSA) is 79.8 Å². The molecule has 2 rings (SSSR count). The lowest BCUT2D eigenvalue weighted by atomic mass is 10.2. The van der Waals surface area contributed by atoms with Crippen LogP contribution in [0.2, 0.25) is 0 Å². The minimum absolute atomic E-state index is 0.213. The first kappa shape index (κ1) is 13.9. The van der Waals surface area contributed by atoms with Gasteiger partial charge < -0.3 is 10.6 Å². The quantitative estimate of drug-likeness (QED) is 0.864. The smallest absolute Gasteiger partial charge is 0.270 e. The van der Waals surface area contributed by atoms with Gasteiger partial charge in [0.15, 0.2) is 0 Å². The molecule has 6 heteroatoms. The fourth-order valence-electron chi connectivity index (χ4n) is 1.59. The van der Waals surface area contributed by atoms with Gasteiger partial charge in [0.05, 0.1) is 0 Å². The molecule has 1 amide bonds. The molecule has 20 heavy (non-hydrogen) atoms. The van der Waals surface area contributed by atoms with Gasteiger partial charge in [-0.2, -0.15) is 0 Å². The molecule has 0 aliphatic carbocycles. The lowest BCUT2D eigenvalue weighted by Gasteiger charge is -2.09. The zero-order chi connectivity index (χ0) is 14.4. The van der Waals surface area contributed by atoms with Crippen molar-refractivity contribution in [1.82, 2.24) is 20.3 Å². The highest BCUT2D eigenvalue weighted by atomic mass is 16.1. The Bertz CT molecular complexity index is 571. The first-order chi connectivity index (χ1) is 9.65. The molecular formula is C14H17N5O. The number of hydrogen-bond donors (Lipinski definition) is 2. The van der Waals surface area contributed by atoms with Crippen molar-refractivity contribution < 1.29 is 4.79 Å². The van der Waals surface area contributed by atoms with Crippen LogP contribution in [0, 0.1) is 0 Å². The molecule has 0 atom stereocenters. The molecule has 0 unspecified atom stereocenters. The van der Waals surface area contributed by atoms with Crippen molar-refractivity contribution in [3.05, 3.63) is 48.0 Å². The van der Waals surface area contributed by atoms with E-state index in [1.165, 1.54) is 0 Å². The molecule has 0 radical (unpaired) electrons. The van der Waals surface area contributed by atoms with Crippen LogP contribution in [0.4, 0.5) is 5.95 Å². The number of pyridine rings is 1. The molecule has 0 aromatic carbocycles. The van der Waals surface area contributed by atoms with Crippen LogP contribution in [-0.2, 0) is 6.54 Å². The Hall–Kier alpha value is -2.50. The number of anilines is 1. The van der Waals surface area contributed by atoms with Crippen LogP contribution < -0.4 is 10.6 Å². The second kappa shape index (κ2) is 6.60. The number of rotatable bonds is 5. The molecule has 0 bridgehead atoms. The SMILES string of the molecule is CC(C)Nc1nccc(C(=O)NCc2ccncc2)n1. The van der Waals surface area contributed by atoms with Gasteiger partial charge in [0, 0.05) is 31.2 Å². The highest BCUT2D eigenvalue weighted by Crippen LogP contribution is 2.03. The Labute approximate surface area is 117 Å². The monoisotopic (exact) mass is 271 g/mol. The lowest BCUT2D eigenvalue weighted by Crippen LogP contribution is -2.24. The zero-order valence-corrected chi connectivity index (χ0v) is 11.5. The second-order valence-corrected chi connectivity index (χ2v) is 4.60. The fourth-order valence-corrected chi connectivity index (χ4v) is 1.59. The molecule has 0 saturated carbocycles. The first-order valence-corrected chi connectivity index (χ1v) is 6.42. The number of nitrogens with one attached hydrogen (secondary N) is 2. The number of hydrogen-bond acceptors (Lipinski definition) is 5. The number of amides is 1. The van der Waals surface area contributed by atoms with E-state index in [0.717, 1.165) is 5.56 Å². The molecule has 0 aliphatic heterocycles. The molecule has 0 saturated heterocycles. The number of nitrogens with zero attached hydrogens (tertiary/aromatic N) is 3. The molecule has 0 fully saturated rings. The summed E-state index contributed by atoms with van der Waals surface area (Å²) in [5.41, 5.74) is 1.33. The summed E-state index contributed by atoms with van der Waals surface area (Å²) in [4.78, 5) is 24.2. The summed E-state index contributed by atoms with van der Waals surface area (Å²) in [6.07, 6.45) is 4.95. The molecule has 2 heterocycles. The fraction of sp³-hybridized carbons (Fsp3) is 0.286. The van der Waals surface area contributed by atoms with Gasteiger partial charge in [0.2, 0.25) is 5.95 Å². The van der Waals surface area contributed by atoms with Gasteiger partial charge in [-0.25, -0.2) is 9.97 Å². The molecule has 104 valence electrons. The Morgan fingerprint density at radius 3 is 2.65 bits per heavy atom. The van der Waals surface area contributed by atoms with Crippen molar-refractivity contribution in [2.75, 3.05) is 5.32 Å². The summed E-state index contributed by atoms with van der Waals surface area (Å²) < 4.78 is 0. The van der Waals surface area contributed by atoms with E-state index < -0.39 is 0 Å². The third-order valence-corrected chi connectivity index (χ3v) is 2.51. The second-order valence-electron chi connectivity index (χ2n) is 4.60. The van der Waals surface area contributed by atoms with E-state index in [9.17, 15) is 4.79 Å². The van der Waals surface area contributed by atoms with E-state index in [-0.39, 0.29) is 11.9 Å². The van der Waals surface area contributed by atoms with Gasteiger partial charge in [-0.3, -0.25) is 9.78 Å². The molecule has 0 aliphatic rings. The number of carbonyl (C=O) groups excluding carboxylic acids is 1. The normalized spacial score (nSPS) is 10.3. The third kappa shape index (κ3) is 4.01. The average Bonchev–Trinajstić information content (AvgIpc) is 2.45. The summed E-state index contributed by atoms with van der Waals surface area (Å²) >= 11 is 0. The largest absolute Gasteiger partial charge is 0.352 e. The van der Waals surface area contributed by atoms with Gasteiger partial charge in [-0.15, -0.1) is 0 Å². The molecular weight excluding hydrogens is 254 g/mol. The molecule has 0 spiro atoms. The standard InChI is InChI=1S/C14H17N5O/c1-10(2)18-14-16-8-5-12(19-14)13(20)17-9-11-3-6-15-7-4-11/h3-8,10H,9H2,1-2H3,(H,17,20)(H,16,18,19). The molecule has 2 N–H and O–H groups in total. The van der Waals surface area contributed by atoms with Crippen LogP contribution in [0.1, 0.15) is 29.9 Å². The van der Waals surface area contributed by atoms with Crippen LogP contribution in [0.3, 0.4) is 0 Å². The van der Waals surface area contributed by atoms with E-state index in [1.807, 2.05) is 26.0 Å². The summed E-state index contributed by atoms with van der Waals surface area (Å²) in [5.74, 6) is 0.229. The van der Waals surface area contributed by atoms with Crippen molar-refractivity contribution in [2.24, 2.45) is 0 Å². The van der Waals surface area contributed by atoms with Crippen LogP contribution in [0.15, 0.2) is 36.8 Å². The average molecular weight is 271 g/mol. The van der Waals surface area contributed by atoms with Gasteiger partial charge in [-0.1, -0.05) is 0 Å². The Morgan fingerprint density at radius 1 is 1.20 bits per heavy atom. The summed E-state index contributed by atoms with van der Waals surface area (Å²) in [6, 6.07) is 5.51. The van der Waals surface area contributed by atoms with Crippen molar-refractivity contribution in [2.45, 2.75) is 26.4 Å². The van der Waals surface area contributed by atoms with E-state index in [4.69, 9.17) is 0 Å². The van der Waals surface area contributed by atoms with Crippen molar-refractivity contribution >= 4 is 11.9 Å². The van der Waals surface area contributed by atoms with E-state index >= 15 is 0 Å². The van der Waals surface area contributed by atoms with Gasteiger partial charge in [0.1, 0.15) is 5.69 Å². The van der Waals surface area contributed by atoms with Gasteiger partial charge in [0.25, 0.3) is 5.91 Å². The minimum Gasteiger partial charge on any atom is -0.352 e. The van der Waals surface area contributed by atoms with Crippen LogP contribution in [0.25, 0.3) is 0 Å². The highest BCUT2D eigenvalue weighted by molar-refractivity contribution is 5.92. The maximum absolute atomic E-state index is 12.0. The van der Waals surface area contributed by atoms with E-state index in [1.54, 1.807) is 24.7 Å². The predicted octanol–water partition coefficient (Wildman–Crippen LogP) is 1.62. The van der Waals surface area contributed by atoms with E-state index in [2.05, 4.69) is 25.6 Å². The number of aromatic nitrogens is 3. The molecule has 2 aromatic rings. The van der Waals surface area contributed by atoms with Crippen LogP contribution >= 0.6 is 0 Å². The Kier molecular flexibility index (Phi) is 4.60. The minimum atomic E-state index is -0.226. The zero-order valence-electron chi connectivity index (χ0n) is 11.5. The highest BCUT2D eigenvalue weighted by Gasteiger charge is 2.08. The van der Waals surface area contributed by atoms with Gasteiger partial charge in [-0.05, 0) is 37.6 Å². The Morgan fingerprint density at radius 2 is 1.95 bits per heavy atom. The number of carbonyl (C=O) groups is 1. The molecule has 6 nitrogen and oxygen atoms in total. The summed E-state index contributed by atoms with van der Waals surface area (Å²) in [5, 5.41) is 5.87. The van der Waals surface area contributed by atoms with Crippen LogP contribution in [-0.4, -0.2) is 26.9 Å². The predicted molar refractivity (Wildman–Crippen MR) is 76.2 cm³/mol. The lowest BCUT2D eigenvalue weighted by molar-refractivity contribution is 0.0946. The van der Waals surface area contributed by atoms with Gasteiger partial charge >= 0.3 is 0 Å². The first-order valence-electron chi connectivity index (χ1n) is 6.42. The summed E-state index contributed by atoms with van der Waals surface area (Å²) in [6.45, 7) is 4.41. The molecule has 2 aromatic heterocycles. The van der Waals surface area contributed by atoms with Crippen molar-refractivity contribution in [1.29, 1.82) is 0 Å². The van der Waals surface area contributed by atoms with Crippen molar-refractivity contribution in [3.63, 3.8) is 0 Å². The van der Waals surface area contributed by atoms with Crippen molar-refractivity contribution in [3.8, 4) is 0 Å². The third-order valence-electron chi connectivity index (χ3n) is 2.51. The Balaban J connectivity index is 1.98. The van der Waals surface area contributed by atoms with Crippen LogP contribution in [0.5, 0.6) is 0 Å². The van der Waals surface area contributed by atoms with E-state index in [0.29, 0.717) is 18.2 Å².